The summed E-state index contributed by atoms with van der Waals surface area (Å²) in [6, 6.07) is 8.51. The van der Waals surface area contributed by atoms with Crippen molar-refractivity contribution in [3.63, 3.8) is 0 Å². The number of para-hydroxylation sites is 1. The van der Waals surface area contributed by atoms with Crippen molar-refractivity contribution in [3.8, 4) is 0 Å². The van der Waals surface area contributed by atoms with Crippen LogP contribution in [0, 0.1) is 6.92 Å². The van der Waals surface area contributed by atoms with Crippen molar-refractivity contribution in [1.29, 1.82) is 0 Å². The first-order valence-electron chi connectivity index (χ1n) is 5.93. The molecule has 3 nitrogen and oxygen atoms in total. The zero-order valence-electron chi connectivity index (χ0n) is 9.86. The summed E-state index contributed by atoms with van der Waals surface area (Å²) < 4.78 is 5.69. The second-order valence-electron chi connectivity index (χ2n) is 4.30. The molecule has 0 aliphatic carbocycles. The molecule has 16 heavy (non-hydrogen) atoms. The predicted molar refractivity (Wildman–Crippen MR) is 66.8 cm³/mol. The largest absolute Gasteiger partial charge is 0.374 e. The highest BCUT2D eigenvalue weighted by Gasteiger charge is 2.20. The van der Waals surface area contributed by atoms with Gasteiger partial charge in [-0.05, 0) is 31.5 Å². The van der Waals surface area contributed by atoms with Crippen LogP contribution in [0.1, 0.15) is 12.0 Å². The van der Waals surface area contributed by atoms with Gasteiger partial charge < -0.3 is 15.4 Å². The van der Waals surface area contributed by atoms with Gasteiger partial charge in [0.1, 0.15) is 0 Å². The van der Waals surface area contributed by atoms with Gasteiger partial charge in [-0.2, -0.15) is 0 Å². The number of hydrogen-bond acceptors (Lipinski definition) is 3. The molecule has 1 heterocycles. The summed E-state index contributed by atoms with van der Waals surface area (Å²) in [7, 11) is 0. The zero-order chi connectivity index (χ0) is 11.4. The minimum absolute atomic E-state index is 0.290. The van der Waals surface area contributed by atoms with Crippen molar-refractivity contribution in [2.75, 3.05) is 31.1 Å². The molecule has 0 radical (unpaired) electrons. The van der Waals surface area contributed by atoms with E-state index < -0.39 is 0 Å². The minimum Gasteiger partial charge on any atom is -0.374 e. The topological polar surface area (TPSA) is 38.5 Å². The normalized spacial score (nSPS) is 21.1. The van der Waals surface area contributed by atoms with Crippen molar-refractivity contribution in [2.24, 2.45) is 5.73 Å². The molecule has 1 aromatic carbocycles. The van der Waals surface area contributed by atoms with Gasteiger partial charge in [-0.1, -0.05) is 18.2 Å². The highest BCUT2D eigenvalue weighted by molar-refractivity contribution is 5.53. The fourth-order valence-electron chi connectivity index (χ4n) is 2.22. The molecule has 0 aromatic heterocycles. The van der Waals surface area contributed by atoms with E-state index in [9.17, 15) is 0 Å². The third-order valence-corrected chi connectivity index (χ3v) is 3.08. The SMILES string of the molecule is Cc1ccccc1N1CCOC(CCN)C1. The van der Waals surface area contributed by atoms with E-state index in [4.69, 9.17) is 10.5 Å². The van der Waals surface area contributed by atoms with Crippen LogP contribution in [0.5, 0.6) is 0 Å². The standard InChI is InChI=1S/C13H20N2O/c1-11-4-2-3-5-13(11)15-8-9-16-12(10-15)6-7-14/h2-5,12H,6-10,14H2,1H3. The number of rotatable bonds is 3. The van der Waals surface area contributed by atoms with E-state index in [2.05, 4.69) is 36.1 Å². The van der Waals surface area contributed by atoms with Crippen molar-refractivity contribution in [2.45, 2.75) is 19.4 Å². The average Bonchev–Trinajstić information content (AvgIpc) is 2.30. The lowest BCUT2D eigenvalue weighted by Gasteiger charge is -2.35. The molecule has 0 saturated carbocycles. The van der Waals surface area contributed by atoms with Gasteiger partial charge in [0.15, 0.2) is 0 Å². The minimum atomic E-state index is 0.290. The Labute approximate surface area is 97.2 Å². The molecule has 1 aliphatic heterocycles. The van der Waals surface area contributed by atoms with E-state index in [0.29, 0.717) is 12.6 Å². The van der Waals surface area contributed by atoms with Crippen molar-refractivity contribution < 1.29 is 4.74 Å². The molecular formula is C13H20N2O. The molecular weight excluding hydrogens is 200 g/mol. The van der Waals surface area contributed by atoms with E-state index in [-0.39, 0.29) is 0 Å². The molecule has 1 saturated heterocycles. The molecule has 1 unspecified atom stereocenters. The van der Waals surface area contributed by atoms with Crippen LogP contribution in [-0.4, -0.2) is 32.3 Å². The molecule has 2 rings (SSSR count). The van der Waals surface area contributed by atoms with Gasteiger partial charge in [-0.15, -0.1) is 0 Å². The molecule has 88 valence electrons. The Morgan fingerprint density at radius 2 is 2.25 bits per heavy atom. The van der Waals surface area contributed by atoms with Gasteiger partial charge >= 0.3 is 0 Å². The fraction of sp³-hybridized carbons (Fsp3) is 0.538. The number of morpholine rings is 1. The van der Waals surface area contributed by atoms with Gasteiger partial charge in [-0.3, -0.25) is 0 Å². The van der Waals surface area contributed by atoms with Crippen molar-refractivity contribution >= 4 is 5.69 Å². The van der Waals surface area contributed by atoms with Crippen LogP contribution in [0.2, 0.25) is 0 Å². The summed E-state index contributed by atoms with van der Waals surface area (Å²) in [5, 5.41) is 0. The molecule has 1 aromatic rings. The van der Waals surface area contributed by atoms with Gasteiger partial charge in [0.05, 0.1) is 12.7 Å². The smallest absolute Gasteiger partial charge is 0.0762 e. The third kappa shape index (κ3) is 2.54. The third-order valence-electron chi connectivity index (χ3n) is 3.08. The van der Waals surface area contributed by atoms with Crippen LogP contribution >= 0.6 is 0 Å². The summed E-state index contributed by atoms with van der Waals surface area (Å²) >= 11 is 0. The van der Waals surface area contributed by atoms with E-state index in [1.165, 1.54) is 11.3 Å². The number of nitrogens with two attached hydrogens (primary N) is 1. The highest BCUT2D eigenvalue weighted by Crippen LogP contribution is 2.22. The van der Waals surface area contributed by atoms with Gasteiger partial charge in [0.25, 0.3) is 0 Å². The Morgan fingerprint density at radius 1 is 1.44 bits per heavy atom. The summed E-state index contributed by atoms with van der Waals surface area (Å²) in [5.41, 5.74) is 8.23. The number of nitrogens with zero attached hydrogens (tertiary/aromatic N) is 1. The van der Waals surface area contributed by atoms with E-state index in [0.717, 1.165) is 26.1 Å². The summed E-state index contributed by atoms with van der Waals surface area (Å²) in [6.45, 7) is 5.60. The monoisotopic (exact) mass is 220 g/mol. The van der Waals surface area contributed by atoms with E-state index in [1.807, 2.05) is 0 Å². The molecule has 3 heteroatoms. The van der Waals surface area contributed by atoms with Crippen LogP contribution in [0.25, 0.3) is 0 Å². The second kappa shape index (κ2) is 5.32. The quantitative estimate of drug-likeness (QED) is 0.840. The van der Waals surface area contributed by atoms with Crippen LogP contribution < -0.4 is 10.6 Å². The average molecular weight is 220 g/mol. The summed E-state index contributed by atoms with van der Waals surface area (Å²) in [4.78, 5) is 2.40. The molecule has 0 bridgehead atoms. The van der Waals surface area contributed by atoms with Gasteiger partial charge in [0, 0.05) is 18.8 Å². The first-order valence-corrected chi connectivity index (χ1v) is 5.93. The zero-order valence-corrected chi connectivity index (χ0v) is 9.86. The number of hydrogen-bond donors (Lipinski definition) is 1. The summed E-state index contributed by atoms with van der Waals surface area (Å²) in [5.74, 6) is 0. The predicted octanol–water partition coefficient (Wildman–Crippen LogP) is 1.55. The van der Waals surface area contributed by atoms with Gasteiger partial charge in [0.2, 0.25) is 0 Å². The molecule has 1 atom stereocenters. The summed E-state index contributed by atoms with van der Waals surface area (Å²) in [6.07, 6.45) is 1.24. The Bertz CT molecular complexity index is 338. The Balaban J connectivity index is 2.07. The number of ether oxygens (including phenoxy) is 1. The number of benzene rings is 1. The Hall–Kier alpha value is -1.06. The first kappa shape index (κ1) is 11.4. The first-order chi connectivity index (χ1) is 7.81. The van der Waals surface area contributed by atoms with Crippen LogP contribution in [-0.2, 0) is 4.74 Å². The Morgan fingerprint density at radius 3 is 3.00 bits per heavy atom. The molecule has 2 N–H and O–H groups in total. The molecule has 1 fully saturated rings. The molecule has 0 spiro atoms. The van der Waals surface area contributed by atoms with Crippen LogP contribution in [0.15, 0.2) is 24.3 Å². The Kier molecular flexibility index (Phi) is 3.80. The fourth-order valence-corrected chi connectivity index (χ4v) is 2.22. The van der Waals surface area contributed by atoms with Gasteiger partial charge in [-0.25, -0.2) is 0 Å². The lowest BCUT2D eigenvalue weighted by atomic mass is 10.1. The molecule has 1 aliphatic rings. The lowest BCUT2D eigenvalue weighted by Crippen LogP contribution is -2.43. The van der Waals surface area contributed by atoms with E-state index >= 15 is 0 Å². The second-order valence-corrected chi connectivity index (χ2v) is 4.30. The molecule has 0 amide bonds. The van der Waals surface area contributed by atoms with Crippen molar-refractivity contribution in [1.82, 2.24) is 0 Å². The van der Waals surface area contributed by atoms with Crippen LogP contribution in [0.3, 0.4) is 0 Å². The maximum atomic E-state index is 5.69. The number of anilines is 1. The lowest BCUT2D eigenvalue weighted by molar-refractivity contribution is 0.0368. The van der Waals surface area contributed by atoms with Crippen molar-refractivity contribution in [3.05, 3.63) is 29.8 Å². The van der Waals surface area contributed by atoms with Crippen LogP contribution in [0.4, 0.5) is 5.69 Å². The highest BCUT2D eigenvalue weighted by atomic mass is 16.5. The van der Waals surface area contributed by atoms with E-state index in [1.54, 1.807) is 0 Å². The number of aryl methyl sites for hydroxylation is 1. The maximum absolute atomic E-state index is 5.69. The maximum Gasteiger partial charge on any atom is 0.0762 e.